The van der Waals surface area contributed by atoms with Crippen molar-refractivity contribution in [3.05, 3.63) is 36.1 Å². The summed E-state index contributed by atoms with van der Waals surface area (Å²) >= 11 is 0. The third-order valence-corrected chi connectivity index (χ3v) is 2.41. The van der Waals surface area contributed by atoms with Crippen LogP contribution in [0, 0.1) is 0 Å². The van der Waals surface area contributed by atoms with Crippen LogP contribution in [0.15, 0.2) is 34.7 Å². The maximum Gasteiger partial charge on any atom is 0.387 e. The minimum atomic E-state index is -2.95. The predicted octanol–water partition coefficient (Wildman–Crippen LogP) is 3.37. The quantitative estimate of drug-likeness (QED) is 0.780. The van der Waals surface area contributed by atoms with Crippen LogP contribution in [-0.4, -0.2) is 20.0 Å². The first-order chi connectivity index (χ1) is 9.13. The van der Waals surface area contributed by atoms with E-state index in [0.717, 1.165) is 0 Å². The third-order valence-electron chi connectivity index (χ3n) is 2.41. The van der Waals surface area contributed by atoms with E-state index in [4.69, 9.17) is 9.15 Å². The second kappa shape index (κ2) is 5.51. The van der Waals surface area contributed by atoms with E-state index in [1.165, 1.54) is 25.3 Å². The molecule has 2 aromatic rings. The molecule has 1 heterocycles. The van der Waals surface area contributed by atoms with E-state index in [1.54, 1.807) is 12.1 Å². The molecule has 0 bridgehead atoms. The Hall–Kier alpha value is -2.37. The normalized spacial score (nSPS) is 10.5. The van der Waals surface area contributed by atoms with Gasteiger partial charge in [0.15, 0.2) is 23.5 Å². The largest absolute Gasteiger partial charge is 0.493 e. The van der Waals surface area contributed by atoms with Crippen LogP contribution >= 0.6 is 0 Å². The molecule has 0 unspecified atom stereocenters. The van der Waals surface area contributed by atoms with Gasteiger partial charge in [-0.25, -0.2) is 0 Å². The van der Waals surface area contributed by atoms with Crippen LogP contribution in [0.2, 0.25) is 0 Å². The number of ether oxygens (including phenoxy) is 2. The lowest BCUT2D eigenvalue weighted by Gasteiger charge is -2.10. The molecule has 6 heteroatoms. The number of benzene rings is 1. The van der Waals surface area contributed by atoms with Crippen LogP contribution in [0.5, 0.6) is 11.5 Å². The molecule has 0 N–H and O–H groups in total. The van der Waals surface area contributed by atoms with Crippen molar-refractivity contribution in [3.8, 4) is 22.8 Å². The van der Waals surface area contributed by atoms with Crippen molar-refractivity contribution in [3.63, 3.8) is 0 Å². The molecular weight excluding hydrogens is 258 g/mol. The van der Waals surface area contributed by atoms with Gasteiger partial charge in [-0.05, 0) is 30.3 Å². The lowest BCUT2D eigenvalue weighted by atomic mass is 10.1. The van der Waals surface area contributed by atoms with Gasteiger partial charge in [0.25, 0.3) is 0 Å². The van der Waals surface area contributed by atoms with Crippen LogP contribution in [-0.2, 0) is 0 Å². The molecule has 0 fully saturated rings. The van der Waals surface area contributed by atoms with Gasteiger partial charge in [-0.3, -0.25) is 4.79 Å². The summed E-state index contributed by atoms with van der Waals surface area (Å²) < 4.78 is 39.0. The molecule has 0 atom stereocenters. The lowest BCUT2D eigenvalue weighted by molar-refractivity contribution is -0.0511. The van der Waals surface area contributed by atoms with Gasteiger partial charge in [-0.1, -0.05) is 0 Å². The molecule has 0 radical (unpaired) electrons. The fourth-order valence-electron chi connectivity index (χ4n) is 1.59. The summed E-state index contributed by atoms with van der Waals surface area (Å²) in [6, 6.07) is 7.51. The van der Waals surface area contributed by atoms with Gasteiger partial charge in [0.1, 0.15) is 5.76 Å². The molecular formula is C13H10F2O4. The van der Waals surface area contributed by atoms with E-state index in [1.807, 2.05) is 0 Å². The molecule has 100 valence electrons. The molecule has 0 spiro atoms. The van der Waals surface area contributed by atoms with Gasteiger partial charge >= 0.3 is 6.61 Å². The number of alkyl halides is 2. The second-order valence-corrected chi connectivity index (χ2v) is 3.56. The first-order valence-electron chi connectivity index (χ1n) is 5.32. The number of furan rings is 1. The maximum atomic E-state index is 12.3. The molecule has 0 aliphatic heterocycles. The maximum absolute atomic E-state index is 12.3. The average Bonchev–Trinajstić information content (AvgIpc) is 2.86. The minimum absolute atomic E-state index is 0.0981. The summed E-state index contributed by atoms with van der Waals surface area (Å²) in [6.45, 7) is -2.95. The van der Waals surface area contributed by atoms with Crippen molar-refractivity contribution in [1.29, 1.82) is 0 Å². The van der Waals surface area contributed by atoms with Gasteiger partial charge in [0.2, 0.25) is 0 Å². The molecule has 0 saturated carbocycles. The highest BCUT2D eigenvalue weighted by Gasteiger charge is 2.13. The fraction of sp³-hybridized carbons (Fsp3) is 0.154. The van der Waals surface area contributed by atoms with Crippen LogP contribution in [0.25, 0.3) is 11.3 Å². The molecule has 0 amide bonds. The number of halogens is 2. The highest BCUT2D eigenvalue weighted by atomic mass is 19.3. The average molecular weight is 268 g/mol. The molecule has 1 aromatic heterocycles. The Labute approximate surface area is 107 Å². The SMILES string of the molecule is COc1ccc(-c2ccc(C=O)o2)cc1OC(F)F. The van der Waals surface area contributed by atoms with Crippen molar-refractivity contribution in [2.75, 3.05) is 7.11 Å². The van der Waals surface area contributed by atoms with E-state index in [9.17, 15) is 13.6 Å². The van der Waals surface area contributed by atoms with Crippen LogP contribution in [0.1, 0.15) is 10.6 Å². The smallest absolute Gasteiger partial charge is 0.387 e. The first kappa shape index (κ1) is 13.1. The Morgan fingerprint density at radius 2 is 2.00 bits per heavy atom. The third kappa shape index (κ3) is 2.90. The van der Waals surface area contributed by atoms with Crippen molar-refractivity contribution in [2.45, 2.75) is 6.61 Å². The topological polar surface area (TPSA) is 48.7 Å². The fourth-order valence-corrected chi connectivity index (χ4v) is 1.59. The highest BCUT2D eigenvalue weighted by Crippen LogP contribution is 2.34. The molecule has 0 aliphatic carbocycles. The predicted molar refractivity (Wildman–Crippen MR) is 62.7 cm³/mol. The summed E-state index contributed by atoms with van der Waals surface area (Å²) in [5.41, 5.74) is 0.504. The van der Waals surface area contributed by atoms with E-state index in [-0.39, 0.29) is 17.3 Å². The standard InChI is InChI=1S/C13H10F2O4/c1-17-11-4-2-8(6-12(11)19-13(14)15)10-5-3-9(7-16)18-10/h2-7,13H,1H3. The Balaban J connectivity index is 2.38. The van der Waals surface area contributed by atoms with Crippen molar-refractivity contribution >= 4 is 6.29 Å². The van der Waals surface area contributed by atoms with Gasteiger partial charge in [-0.15, -0.1) is 0 Å². The highest BCUT2D eigenvalue weighted by molar-refractivity contribution is 5.73. The lowest BCUT2D eigenvalue weighted by Crippen LogP contribution is -2.03. The zero-order valence-corrected chi connectivity index (χ0v) is 9.93. The van der Waals surface area contributed by atoms with Crippen LogP contribution < -0.4 is 9.47 Å². The Morgan fingerprint density at radius 3 is 2.58 bits per heavy atom. The number of hydrogen-bond acceptors (Lipinski definition) is 4. The Kier molecular flexibility index (Phi) is 3.79. The Morgan fingerprint density at radius 1 is 1.21 bits per heavy atom. The van der Waals surface area contributed by atoms with Crippen molar-refractivity contribution in [2.24, 2.45) is 0 Å². The zero-order valence-electron chi connectivity index (χ0n) is 9.93. The van der Waals surface area contributed by atoms with Gasteiger partial charge in [0, 0.05) is 5.56 Å². The van der Waals surface area contributed by atoms with Gasteiger partial charge in [0.05, 0.1) is 7.11 Å². The van der Waals surface area contributed by atoms with E-state index in [0.29, 0.717) is 17.6 Å². The molecule has 19 heavy (non-hydrogen) atoms. The number of methoxy groups -OCH3 is 1. The summed E-state index contributed by atoms with van der Waals surface area (Å²) in [4.78, 5) is 10.5. The zero-order chi connectivity index (χ0) is 13.8. The van der Waals surface area contributed by atoms with E-state index < -0.39 is 6.61 Å². The van der Waals surface area contributed by atoms with Gasteiger partial charge < -0.3 is 13.9 Å². The van der Waals surface area contributed by atoms with Gasteiger partial charge in [-0.2, -0.15) is 8.78 Å². The summed E-state index contributed by atoms with van der Waals surface area (Å²) in [5.74, 6) is 0.622. The number of aldehydes is 1. The number of rotatable bonds is 5. The van der Waals surface area contributed by atoms with Crippen LogP contribution in [0.4, 0.5) is 8.78 Å². The van der Waals surface area contributed by atoms with E-state index in [2.05, 4.69) is 4.74 Å². The second-order valence-electron chi connectivity index (χ2n) is 3.56. The Bertz CT molecular complexity index is 578. The number of carbonyl (C=O) groups excluding carboxylic acids is 1. The minimum Gasteiger partial charge on any atom is -0.493 e. The monoisotopic (exact) mass is 268 g/mol. The molecule has 0 saturated heterocycles. The summed E-state index contributed by atoms with van der Waals surface area (Å²) in [7, 11) is 1.35. The molecule has 2 rings (SSSR count). The van der Waals surface area contributed by atoms with E-state index >= 15 is 0 Å². The summed E-state index contributed by atoms with van der Waals surface area (Å²) in [5, 5.41) is 0. The van der Waals surface area contributed by atoms with Crippen molar-refractivity contribution < 1.29 is 27.5 Å². The molecule has 4 nitrogen and oxygen atoms in total. The number of carbonyl (C=O) groups is 1. The molecule has 0 aliphatic rings. The number of hydrogen-bond donors (Lipinski definition) is 0. The van der Waals surface area contributed by atoms with Crippen molar-refractivity contribution in [1.82, 2.24) is 0 Å². The first-order valence-corrected chi connectivity index (χ1v) is 5.32. The van der Waals surface area contributed by atoms with Crippen LogP contribution in [0.3, 0.4) is 0 Å². The summed E-state index contributed by atoms with van der Waals surface area (Å²) in [6.07, 6.45) is 0.559. The molecule has 1 aromatic carbocycles.